The third kappa shape index (κ3) is 6.00. The van der Waals surface area contributed by atoms with Crippen LogP contribution in [0.15, 0.2) is 9.05 Å². The number of hydrogen-bond donors (Lipinski definition) is 1. The number of ether oxygens (including phenoxy) is 1. The molecule has 3 rings (SSSR count). The van der Waals surface area contributed by atoms with E-state index >= 15 is 0 Å². The minimum Gasteiger partial charge on any atom is -0.467 e. The second-order valence-electron chi connectivity index (χ2n) is 7.64. The largest absolute Gasteiger partial charge is 0.467 e. The molecule has 32 heavy (non-hydrogen) atoms. The van der Waals surface area contributed by atoms with Gasteiger partial charge in [-0.1, -0.05) is 10.3 Å². The van der Waals surface area contributed by atoms with Gasteiger partial charge in [-0.2, -0.15) is 16.7 Å². The lowest BCUT2D eigenvalue weighted by Gasteiger charge is -2.24. The van der Waals surface area contributed by atoms with Gasteiger partial charge in [0.2, 0.25) is 0 Å². The van der Waals surface area contributed by atoms with Crippen LogP contribution in [0.3, 0.4) is 0 Å². The lowest BCUT2D eigenvalue weighted by Crippen LogP contribution is -2.49. The first kappa shape index (κ1) is 24.1. The maximum Gasteiger partial charge on any atom is 0.328 e. The predicted molar refractivity (Wildman–Crippen MR) is 118 cm³/mol. The number of carbonyl (C=O) groups is 2. The molecule has 2 aromatic heterocycles. The van der Waals surface area contributed by atoms with Crippen LogP contribution in [0.25, 0.3) is 11.5 Å². The third-order valence-corrected chi connectivity index (χ3v) is 5.99. The van der Waals surface area contributed by atoms with Crippen LogP contribution in [0.4, 0.5) is 4.79 Å². The summed E-state index contributed by atoms with van der Waals surface area (Å²) in [5.41, 5.74) is 1.43. The Morgan fingerprint density at radius 2 is 2.00 bits per heavy atom. The molecule has 0 aliphatic carbocycles. The Morgan fingerprint density at radius 1 is 1.19 bits per heavy atom. The summed E-state index contributed by atoms with van der Waals surface area (Å²) in [5, 5.41) is 10.8. The predicted octanol–water partition coefficient (Wildman–Crippen LogP) is 1.85. The Balaban J connectivity index is 1.55. The van der Waals surface area contributed by atoms with Crippen LogP contribution in [-0.2, 0) is 16.1 Å². The highest BCUT2D eigenvalue weighted by Gasteiger charge is 2.26. The highest BCUT2D eigenvalue weighted by atomic mass is 32.2. The van der Waals surface area contributed by atoms with Crippen molar-refractivity contribution in [2.24, 2.45) is 0 Å². The molecule has 1 saturated heterocycles. The van der Waals surface area contributed by atoms with Crippen molar-refractivity contribution in [1.29, 1.82) is 0 Å². The van der Waals surface area contributed by atoms with Crippen molar-refractivity contribution in [2.75, 3.05) is 45.3 Å². The van der Waals surface area contributed by atoms with Crippen molar-refractivity contribution in [3.63, 3.8) is 0 Å². The first-order valence-electron chi connectivity index (χ1n) is 10.5. The van der Waals surface area contributed by atoms with Crippen LogP contribution in [-0.4, -0.2) is 88.4 Å². The summed E-state index contributed by atoms with van der Waals surface area (Å²) < 4.78 is 15.4. The molecule has 1 aliphatic heterocycles. The number of urea groups is 1. The highest BCUT2D eigenvalue weighted by molar-refractivity contribution is 7.98. The Bertz CT molecular complexity index is 897. The highest BCUT2D eigenvalue weighted by Crippen LogP contribution is 2.25. The van der Waals surface area contributed by atoms with E-state index < -0.39 is 12.0 Å². The van der Waals surface area contributed by atoms with E-state index in [1.165, 1.54) is 7.11 Å². The van der Waals surface area contributed by atoms with Gasteiger partial charge in [0.1, 0.15) is 17.4 Å². The summed E-state index contributed by atoms with van der Waals surface area (Å²) in [6, 6.07) is -0.884. The standard InChI is InChI=1S/C20H30N6O5S/c1-13-17(14(2)30-23-13)18-22-16(24-31-18)12-25-7-5-8-26(10-9-25)20(28)21-15(6-11-32-4)19(27)29-3/h15H,5-12H2,1-4H3,(H,21,28). The van der Waals surface area contributed by atoms with Crippen LogP contribution in [0.5, 0.6) is 0 Å². The average Bonchev–Trinajstić information content (AvgIpc) is 3.28. The quantitative estimate of drug-likeness (QED) is 0.576. The van der Waals surface area contributed by atoms with Crippen molar-refractivity contribution in [1.82, 2.24) is 30.4 Å². The number of esters is 1. The first-order valence-corrected chi connectivity index (χ1v) is 11.9. The van der Waals surface area contributed by atoms with Crippen molar-refractivity contribution < 1.29 is 23.4 Å². The SMILES string of the molecule is COC(=O)C(CCSC)NC(=O)N1CCCN(Cc2noc(-c3c(C)noc3C)n2)CC1. The number of carbonyl (C=O) groups excluding carboxylic acids is 2. The number of rotatable bonds is 8. The summed E-state index contributed by atoms with van der Waals surface area (Å²) in [6.45, 7) is 6.75. The third-order valence-electron chi connectivity index (χ3n) is 5.35. The molecule has 12 heteroatoms. The topological polar surface area (TPSA) is 127 Å². The van der Waals surface area contributed by atoms with Gasteiger partial charge in [-0.25, -0.2) is 9.59 Å². The zero-order chi connectivity index (χ0) is 23.1. The molecule has 2 amide bonds. The fraction of sp³-hybridized carbons (Fsp3) is 0.650. The molecule has 1 fully saturated rings. The van der Waals surface area contributed by atoms with Gasteiger partial charge in [-0.15, -0.1) is 0 Å². The number of nitrogens with zero attached hydrogens (tertiary/aromatic N) is 5. The van der Waals surface area contributed by atoms with Crippen molar-refractivity contribution in [2.45, 2.75) is 39.3 Å². The summed E-state index contributed by atoms with van der Waals surface area (Å²) in [6.07, 6.45) is 3.29. The minimum absolute atomic E-state index is 0.247. The molecule has 1 unspecified atom stereocenters. The normalized spacial score (nSPS) is 15.9. The second kappa shape index (κ2) is 11.3. The van der Waals surface area contributed by atoms with Crippen LogP contribution in [0, 0.1) is 13.8 Å². The molecule has 2 aromatic rings. The smallest absolute Gasteiger partial charge is 0.328 e. The monoisotopic (exact) mass is 466 g/mol. The number of nitrogens with one attached hydrogen (secondary N) is 1. The number of thioether (sulfide) groups is 1. The van der Waals surface area contributed by atoms with E-state index in [4.69, 9.17) is 13.8 Å². The average molecular weight is 467 g/mol. The summed E-state index contributed by atoms with van der Waals surface area (Å²) in [4.78, 5) is 33.1. The van der Waals surface area contributed by atoms with E-state index in [0.29, 0.717) is 55.8 Å². The van der Waals surface area contributed by atoms with E-state index in [1.807, 2.05) is 13.2 Å². The fourth-order valence-electron chi connectivity index (χ4n) is 3.61. The lowest BCUT2D eigenvalue weighted by atomic mass is 10.2. The van der Waals surface area contributed by atoms with Crippen LogP contribution in [0.2, 0.25) is 0 Å². The zero-order valence-corrected chi connectivity index (χ0v) is 19.7. The summed E-state index contributed by atoms with van der Waals surface area (Å²) >= 11 is 1.62. The maximum atomic E-state index is 12.7. The van der Waals surface area contributed by atoms with E-state index in [1.54, 1.807) is 23.6 Å². The fourth-order valence-corrected chi connectivity index (χ4v) is 4.08. The Hall–Kier alpha value is -2.60. The van der Waals surface area contributed by atoms with Gasteiger partial charge >= 0.3 is 12.0 Å². The Labute approximate surface area is 191 Å². The summed E-state index contributed by atoms with van der Waals surface area (Å²) in [5.74, 6) is 1.94. The number of methoxy groups -OCH3 is 1. The molecule has 3 heterocycles. The van der Waals surface area contributed by atoms with Crippen LogP contribution < -0.4 is 5.32 Å². The molecule has 176 valence electrons. The first-order chi connectivity index (χ1) is 15.4. The molecule has 1 atom stereocenters. The van der Waals surface area contributed by atoms with Gasteiger partial charge in [-0.3, -0.25) is 4.90 Å². The molecule has 0 radical (unpaired) electrons. The zero-order valence-electron chi connectivity index (χ0n) is 18.9. The van der Waals surface area contributed by atoms with Crippen molar-refractivity contribution in [3.05, 3.63) is 17.3 Å². The van der Waals surface area contributed by atoms with E-state index in [0.717, 1.165) is 24.3 Å². The van der Waals surface area contributed by atoms with Crippen molar-refractivity contribution >= 4 is 23.8 Å². The molecule has 0 saturated carbocycles. The molecule has 0 bridgehead atoms. The van der Waals surface area contributed by atoms with Gasteiger partial charge in [0.15, 0.2) is 5.82 Å². The second-order valence-corrected chi connectivity index (χ2v) is 8.62. The van der Waals surface area contributed by atoms with Gasteiger partial charge < -0.3 is 24.0 Å². The minimum atomic E-state index is -0.638. The van der Waals surface area contributed by atoms with E-state index in [-0.39, 0.29) is 6.03 Å². The molecule has 1 N–H and O–H groups in total. The molecule has 0 spiro atoms. The molecule has 0 aromatic carbocycles. The Morgan fingerprint density at radius 3 is 2.69 bits per heavy atom. The van der Waals surface area contributed by atoms with Crippen LogP contribution in [0.1, 0.15) is 30.1 Å². The lowest BCUT2D eigenvalue weighted by molar-refractivity contribution is -0.142. The van der Waals surface area contributed by atoms with Gasteiger partial charge in [0.05, 0.1) is 19.3 Å². The number of hydrogen-bond acceptors (Lipinski definition) is 10. The van der Waals surface area contributed by atoms with Gasteiger partial charge in [0, 0.05) is 26.2 Å². The molecular weight excluding hydrogens is 436 g/mol. The maximum absolute atomic E-state index is 12.7. The molecular formula is C20H30N6O5S. The summed E-state index contributed by atoms with van der Waals surface area (Å²) in [7, 11) is 1.33. The van der Waals surface area contributed by atoms with Crippen molar-refractivity contribution in [3.8, 4) is 11.5 Å². The van der Waals surface area contributed by atoms with Gasteiger partial charge in [-0.05, 0) is 38.7 Å². The van der Waals surface area contributed by atoms with E-state index in [9.17, 15) is 9.59 Å². The number of amides is 2. The van der Waals surface area contributed by atoms with Crippen LogP contribution >= 0.6 is 11.8 Å². The van der Waals surface area contributed by atoms with E-state index in [2.05, 4.69) is 25.5 Å². The number of aromatic nitrogens is 3. The number of aryl methyl sites for hydroxylation is 2. The molecule has 11 nitrogen and oxygen atoms in total. The molecule has 1 aliphatic rings. The Kier molecular flexibility index (Phi) is 8.51. The van der Waals surface area contributed by atoms with Gasteiger partial charge in [0.25, 0.3) is 5.89 Å².